The van der Waals surface area contributed by atoms with Crippen molar-refractivity contribution in [3.05, 3.63) is 9.47 Å². The molecule has 4 nitrogen and oxygen atoms in total. The molecule has 0 aliphatic rings. The summed E-state index contributed by atoms with van der Waals surface area (Å²) >= 11 is 8.32. The number of nitrogens with zero attached hydrogens (tertiary/aromatic N) is 2. The molecule has 7 heteroatoms. The zero-order valence-electron chi connectivity index (χ0n) is 7.78. The lowest BCUT2D eigenvalue weighted by Crippen LogP contribution is -2.34. The molecule has 1 rings (SSSR count). The van der Waals surface area contributed by atoms with Gasteiger partial charge in [0.25, 0.3) is 5.91 Å². The van der Waals surface area contributed by atoms with E-state index in [2.05, 4.69) is 15.5 Å². The smallest absolute Gasteiger partial charge is 0.282 e. The molecule has 1 aromatic heterocycles. The van der Waals surface area contributed by atoms with E-state index in [1.165, 1.54) is 0 Å². The molecule has 0 saturated carbocycles. The van der Waals surface area contributed by atoms with Gasteiger partial charge in [0, 0.05) is 11.8 Å². The maximum atomic E-state index is 11.5. The van der Waals surface area contributed by atoms with Crippen LogP contribution in [-0.4, -0.2) is 34.2 Å². The van der Waals surface area contributed by atoms with Gasteiger partial charge >= 0.3 is 0 Å². The second-order valence-corrected chi connectivity index (χ2v) is 5.16. The predicted molar refractivity (Wildman–Crippen MR) is 60.2 cm³/mol. The molecule has 0 aromatic carbocycles. The van der Waals surface area contributed by atoms with Crippen LogP contribution in [0.4, 0.5) is 0 Å². The van der Waals surface area contributed by atoms with Crippen LogP contribution in [0.25, 0.3) is 0 Å². The van der Waals surface area contributed by atoms with Gasteiger partial charge in [-0.3, -0.25) is 4.79 Å². The fraction of sp³-hybridized carbons (Fsp3) is 0.571. The number of nitrogens with one attached hydrogen (secondary N) is 1. The van der Waals surface area contributed by atoms with Gasteiger partial charge in [-0.15, -0.1) is 10.2 Å². The highest BCUT2D eigenvalue weighted by Gasteiger charge is 2.13. The van der Waals surface area contributed by atoms with E-state index in [0.29, 0.717) is 5.01 Å². The van der Waals surface area contributed by atoms with Crippen LogP contribution < -0.4 is 5.32 Å². The Kier molecular flexibility index (Phi) is 4.64. The van der Waals surface area contributed by atoms with Gasteiger partial charge in [-0.1, -0.05) is 11.3 Å². The Morgan fingerprint density at radius 1 is 1.71 bits per heavy atom. The molecule has 1 atom stereocenters. The first-order valence-corrected chi connectivity index (χ1v) is 6.51. The van der Waals surface area contributed by atoms with E-state index in [-0.39, 0.29) is 16.4 Å². The second kappa shape index (κ2) is 5.53. The second-order valence-electron chi connectivity index (χ2n) is 2.69. The van der Waals surface area contributed by atoms with Crippen LogP contribution in [-0.2, 0) is 0 Å². The Bertz CT molecular complexity index is 318. The van der Waals surface area contributed by atoms with Crippen LogP contribution in [0, 0.1) is 0 Å². The quantitative estimate of drug-likeness (QED) is 0.885. The van der Waals surface area contributed by atoms with Crippen molar-refractivity contribution >= 4 is 40.6 Å². The summed E-state index contributed by atoms with van der Waals surface area (Å²) in [7, 11) is 0. The lowest BCUT2D eigenvalue weighted by molar-refractivity contribution is 0.0942. The molecule has 0 aliphatic carbocycles. The van der Waals surface area contributed by atoms with Gasteiger partial charge in [0.05, 0.1) is 0 Å². The number of thioether (sulfide) groups is 1. The number of carbonyl (C=O) groups excluding carboxylic acids is 1. The molecule has 1 N–H and O–H groups in total. The van der Waals surface area contributed by atoms with Gasteiger partial charge < -0.3 is 5.32 Å². The number of aromatic nitrogens is 2. The number of amides is 1. The third kappa shape index (κ3) is 3.43. The molecule has 1 unspecified atom stereocenters. The van der Waals surface area contributed by atoms with E-state index in [4.69, 9.17) is 11.6 Å². The highest BCUT2D eigenvalue weighted by Crippen LogP contribution is 2.14. The van der Waals surface area contributed by atoms with Crippen molar-refractivity contribution < 1.29 is 4.79 Å². The summed E-state index contributed by atoms with van der Waals surface area (Å²) in [5.74, 6) is 0.661. The SMILES string of the molecule is CSCC(C)NC(=O)c1nnc(Cl)s1. The summed E-state index contributed by atoms with van der Waals surface area (Å²) in [5, 5.41) is 10.3. The number of halogens is 1. The molecule has 1 heterocycles. The van der Waals surface area contributed by atoms with Crippen LogP contribution in [0.3, 0.4) is 0 Å². The van der Waals surface area contributed by atoms with E-state index in [9.17, 15) is 4.79 Å². The van der Waals surface area contributed by atoms with E-state index >= 15 is 0 Å². The standard InChI is InChI=1S/C7H10ClN3OS2/c1-4(3-13-2)9-5(12)6-10-11-7(8)14-6/h4H,3H2,1-2H3,(H,9,12). The summed E-state index contributed by atoms with van der Waals surface area (Å²) in [4.78, 5) is 11.5. The fourth-order valence-corrected chi connectivity index (χ4v) is 2.19. The maximum Gasteiger partial charge on any atom is 0.282 e. The molecule has 0 aliphatic heterocycles. The molecule has 0 saturated heterocycles. The third-order valence-electron chi connectivity index (χ3n) is 1.39. The third-order valence-corrected chi connectivity index (χ3v) is 3.24. The summed E-state index contributed by atoms with van der Waals surface area (Å²) in [6.45, 7) is 1.94. The Hall–Kier alpha value is -0.330. The molecule has 1 aromatic rings. The average Bonchev–Trinajstić information content (AvgIpc) is 2.52. The van der Waals surface area contributed by atoms with Crippen molar-refractivity contribution in [3.8, 4) is 0 Å². The molecular formula is C7H10ClN3OS2. The van der Waals surface area contributed by atoms with Gasteiger partial charge in [-0.2, -0.15) is 11.8 Å². The minimum absolute atomic E-state index is 0.125. The van der Waals surface area contributed by atoms with Gasteiger partial charge in [-0.05, 0) is 24.8 Å². The number of rotatable bonds is 4. The monoisotopic (exact) mass is 251 g/mol. The van der Waals surface area contributed by atoms with Gasteiger partial charge in [-0.25, -0.2) is 0 Å². The minimum Gasteiger partial charge on any atom is -0.347 e. The molecule has 0 spiro atoms. The molecule has 0 fully saturated rings. The molecule has 0 bridgehead atoms. The predicted octanol–water partition coefficient (Wildman–Crippen LogP) is 1.67. The maximum absolute atomic E-state index is 11.5. The Balaban J connectivity index is 2.50. The van der Waals surface area contributed by atoms with Crippen LogP contribution in [0.2, 0.25) is 4.47 Å². The van der Waals surface area contributed by atoms with E-state index in [0.717, 1.165) is 17.1 Å². The van der Waals surface area contributed by atoms with Crippen molar-refractivity contribution in [2.24, 2.45) is 0 Å². The van der Waals surface area contributed by atoms with Crippen LogP contribution in [0.15, 0.2) is 0 Å². The molecule has 0 radical (unpaired) electrons. The van der Waals surface area contributed by atoms with E-state index in [1.54, 1.807) is 11.8 Å². The number of hydrogen-bond acceptors (Lipinski definition) is 5. The largest absolute Gasteiger partial charge is 0.347 e. The first-order chi connectivity index (χ1) is 6.63. The van der Waals surface area contributed by atoms with Crippen molar-refractivity contribution in [1.82, 2.24) is 15.5 Å². The van der Waals surface area contributed by atoms with Gasteiger partial charge in [0.2, 0.25) is 9.47 Å². The lowest BCUT2D eigenvalue weighted by atomic mass is 10.4. The topological polar surface area (TPSA) is 54.9 Å². The van der Waals surface area contributed by atoms with Crippen molar-refractivity contribution in [1.29, 1.82) is 0 Å². The fourth-order valence-electron chi connectivity index (χ4n) is 0.874. The zero-order valence-corrected chi connectivity index (χ0v) is 10.2. The first kappa shape index (κ1) is 11.7. The van der Waals surface area contributed by atoms with Gasteiger partial charge in [0.15, 0.2) is 0 Å². The molecular weight excluding hydrogens is 242 g/mol. The first-order valence-electron chi connectivity index (χ1n) is 3.92. The number of carbonyl (C=O) groups is 1. The summed E-state index contributed by atoms with van der Waals surface area (Å²) < 4.78 is 0.285. The molecule has 78 valence electrons. The Morgan fingerprint density at radius 2 is 2.43 bits per heavy atom. The Labute approximate surface area is 95.4 Å². The lowest BCUT2D eigenvalue weighted by Gasteiger charge is -2.10. The van der Waals surface area contributed by atoms with E-state index < -0.39 is 0 Å². The zero-order chi connectivity index (χ0) is 10.6. The van der Waals surface area contributed by atoms with Gasteiger partial charge in [0.1, 0.15) is 0 Å². The van der Waals surface area contributed by atoms with Crippen LogP contribution in [0.5, 0.6) is 0 Å². The number of hydrogen-bond donors (Lipinski definition) is 1. The molecule has 14 heavy (non-hydrogen) atoms. The highest BCUT2D eigenvalue weighted by atomic mass is 35.5. The molecule has 1 amide bonds. The summed E-state index contributed by atoms with van der Waals surface area (Å²) in [6.07, 6.45) is 1.99. The normalized spacial score (nSPS) is 12.5. The van der Waals surface area contributed by atoms with E-state index in [1.807, 2.05) is 13.2 Å². The minimum atomic E-state index is -0.212. The van der Waals surface area contributed by atoms with Crippen molar-refractivity contribution in [2.75, 3.05) is 12.0 Å². The van der Waals surface area contributed by atoms with Crippen molar-refractivity contribution in [2.45, 2.75) is 13.0 Å². The van der Waals surface area contributed by atoms with Crippen LogP contribution in [0.1, 0.15) is 16.7 Å². The summed E-state index contributed by atoms with van der Waals surface area (Å²) in [6, 6.07) is 0.125. The van der Waals surface area contributed by atoms with Crippen molar-refractivity contribution in [3.63, 3.8) is 0 Å². The highest BCUT2D eigenvalue weighted by molar-refractivity contribution is 7.98. The Morgan fingerprint density at radius 3 is 2.93 bits per heavy atom. The summed E-state index contributed by atoms with van der Waals surface area (Å²) in [5.41, 5.74) is 0. The average molecular weight is 252 g/mol. The van der Waals surface area contributed by atoms with Crippen LogP contribution >= 0.6 is 34.7 Å².